The summed E-state index contributed by atoms with van der Waals surface area (Å²) in [7, 11) is 0. The van der Waals surface area contributed by atoms with Gasteiger partial charge in [-0.3, -0.25) is 9.69 Å². The number of allylic oxidation sites excluding steroid dienone is 1. The average molecular weight is 584 g/mol. The first-order valence-electron chi connectivity index (χ1n) is 15.1. The van der Waals surface area contributed by atoms with Crippen molar-refractivity contribution in [3.63, 3.8) is 0 Å². The van der Waals surface area contributed by atoms with Crippen LogP contribution in [0.2, 0.25) is 0 Å². The van der Waals surface area contributed by atoms with Crippen molar-refractivity contribution in [1.82, 2.24) is 4.90 Å². The third-order valence-corrected chi connectivity index (χ3v) is 9.15. The molecule has 0 saturated carbocycles. The van der Waals surface area contributed by atoms with Crippen LogP contribution >= 0.6 is 0 Å². The second kappa shape index (κ2) is 11.7. The normalized spacial score (nSPS) is 25.8. The molecule has 1 aromatic rings. The van der Waals surface area contributed by atoms with E-state index in [1.807, 2.05) is 26.8 Å². The molecular weight excluding hydrogens is 538 g/mol. The molecule has 0 amide bonds. The topological polar surface area (TPSA) is 115 Å². The number of aliphatic hydroxyl groups is 2. The number of carbonyl (C=O) groups is 2. The Labute approximate surface area is 248 Å². The Morgan fingerprint density at radius 3 is 2.60 bits per heavy atom. The third kappa shape index (κ3) is 6.10. The Balaban J connectivity index is 1.44. The lowest BCUT2D eigenvalue weighted by molar-refractivity contribution is -0.177. The highest BCUT2D eigenvalue weighted by Crippen LogP contribution is 2.55. The molecule has 9 nitrogen and oxygen atoms in total. The highest BCUT2D eigenvalue weighted by atomic mass is 16.7. The smallest absolute Gasteiger partial charge is 0.339 e. The number of fused-ring (bicyclic) bond motifs is 3. The summed E-state index contributed by atoms with van der Waals surface area (Å²) in [4.78, 5) is 29.2. The summed E-state index contributed by atoms with van der Waals surface area (Å²) in [6.45, 7) is 11.2. The molecule has 42 heavy (non-hydrogen) atoms. The molecule has 5 rings (SSSR count). The van der Waals surface area contributed by atoms with Crippen LogP contribution in [-0.2, 0) is 25.5 Å². The standard InChI is InChI=1S/C33H45NO8/c1-21(2)9-15-39-27(35)19-33(38,12-6-10-31(4,5)37)30(36)42-29-22(3)18-32-11-7-13-34(32)14-8-23-16-25-26(41-20-40-25)17-24(23)28(29)32/h9,16-18,28-29,37-38H,6-8,10-15,19-20H2,1-5H3/t28-,29?,32?,33-/m1/s1. The minimum Gasteiger partial charge on any atom is -0.461 e. The Bertz CT molecular complexity index is 1280. The molecule has 1 fully saturated rings. The monoisotopic (exact) mass is 583 g/mol. The largest absolute Gasteiger partial charge is 0.461 e. The van der Waals surface area contributed by atoms with Crippen molar-refractivity contribution in [3.05, 3.63) is 46.6 Å². The van der Waals surface area contributed by atoms with Gasteiger partial charge in [0.1, 0.15) is 12.7 Å². The van der Waals surface area contributed by atoms with Crippen LogP contribution < -0.4 is 9.47 Å². The van der Waals surface area contributed by atoms with Gasteiger partial charge in [0.2, 0.25) is 6.79 Å². The Kier molecular flexibility index (Phi) is 8.49. The molecule has 230 valence electrons. The van der Waals surface area contributed by atoms with Gasteiger partial charge in [-0.15, -0.1) is 0 Å². The van der Waals surface area contributed by atoms with Gasteiger partial charge in [-0.2, -0.15) is 0 Å². The summed E-state index contributed by atoms with van der Waals surface area (Å²) in [5.41, 5.74) is 0.751. The molecule has 1 aromatic carbocycles. The average Bonchev–Trinajstić information content (AvgIpc) is 3.56. The summed E-state index contributed by atoms with van der Waals surface area (Å²) in [5.74, 6) is -0.301. The maximum Gasteiger partial charge on any atom is 0.339 e. The van der Waals surface area contributed by atoms with Crippen LogP contribution in [-0.4, -0.2) is 76.4 Å². The molecular formula is C33H45NO8. The predicted molar refractivity (Wildman–Crippen MR) is 156 cm³/mol. The molecule has 0 aromatic heterocycles. The lowest BCUT2D eigenvalue weighted by Crippen LogP contribution is -2.49. The summed E-state index contributed by atoms with van der Waals surface area (Å²) < 4.78 is 23.0. The molecule has 3 aliphatic heterocycles. The number of hydrogen-bond acceptors (Lipinski definition) is 9. The fraction of sp³-hybridized carbons (Fsp3) is 0.636. The molecule has 1 saturated heterocycles. The number of benzene rings is 1. The highest BCUT2D eigenvalue weighted by Gasteiger charge is 2.57. The van der Waals surface area contributed by atoms with Crippen molar-refractivity contribution in [2.24, 2.45) is 0 Å². The van der Waals surface area contributed by atoms with Crippen LogP contribution in [0.4, 0.5) is 0 Å². The van der Waals surface area contributed by atoms with Crippen molar-refractivity contribution >= 4 is 11.9 Å². The number of carbonyl (C=O) groups excluding carboxylic acids is 2. The first-order valence-corrected chi connectivity index (χ1v) is 15.1. The van der Waals surface area contributed by atoms with Crippen LogP contribution in [0.15, 0.2) is 35.4 Å². The van der Waals surface area contributed by atoms with E-state index in [-0.39, 0.29) is 31.3 Å². The molecule has 3 heterocycles. The van der Waals surface area contributed by atoms with E-state index in [9.17, 15) is 19.8 Å². The van der Waals surface area contributed by atoms with Crippen molar-refractivity contribution in [1.29, 1.82) is 0 Å². The SMILES string of the molecule is CC(C)=CCOC(=O)C[C@](O)(CCCC(C)(C)O)C(=O)OC1C(C)=CC23CCCN2CCc2cc4c(cc2[C@H]13)OCO4. The number of hydrogen-bond donors (Lipinski definition) is 2. The number of ether oxygens (including phenoxy) is 4. The van der Waals surface area contributed by atoms with Crippen molar-refractivity contribution in [2.45, 2.75) is 108 Å². The number of esters is 2. The lowest BCUT2D eigenvalue weighted by Gasteiger charge is -2.40. The van der Waals surface area contributed by atoms with E-state index >= 15 is 0 Å². The highest BCUT2D eigenvalue weighted by molar-refractivity contribution is 5.86. The lowest BCUT2D eigenvalue weighted by atomic mass is 9.77. The number of rotatable bonds is 10. The number of nitrogens with zero attached hydrogens (tertiary/aromatic N) is 1. The van der Waals surface area contributed by atoms with E-state index in [0.29, 0.717) is 18.6 Å². The first-order chi connectivity index (χ1) is 19.8. The third-order valence-electron chi connectivity index (χ3n) is 9.15. The summed E-state index contributed by atoms with van der Waals surface area (Å²) in [6, 6.07) is 4.09. The van der Waals surface area contributed by atoms with Gasteiger partial charge in [-0.25, -0.2) is 4.79 Å². The van der Waals surface area contributed by atoms with Crippen LogP contribution in [0, 0.1) is 0 Å². The Morgan fingerprint density at radius 1 is 1.14 bits per heavy atom. The first kappa shape index (κ1) is 30.6. The van der Waals surface area contributed by atoms with Crippen LogP contribution in [0.5, 0.6) is 11.5 Å². The predicted octanol–water partition coefficient (Wildman–Crippen LogP) is 4.33. The van der Waals surface area contributed by atoms with Crippen LogP contribution in [0.25, 0.3) is 0 Å². The van der Waals surface area contributed by atoms with E-state index in [2.05, 4.69) is 17.0 Å². The zero-order chi connectivity index (χ0) is 30.3. The zero-order valence-electron chi connectivity index (χ0n) is 25.5. The summed E-state index contributed by atoms with van der Waals surface area (Å²) >= 11 is 0. The van der Waals surface area contributed by atoms with Crippen molar-refractivity contribution < 1.29 is 38.7 Å². The molecule has 4 aliphatic rings. The van der Waals surface area contributed by atoms with Gasteiger partial charge in [0.05, 0.1) is 17.6 Å². The van der Waals surface area contributed by atoms with Gasteiger partial charge < -0.3 is 29.2 Å². The van der Waals surface area contributed by atoms with Crippen molar-refractivity contribution in [3.8, 4) is 11.5 Å². The minimum absolute atomic E-state index is 0.0414. The van der Waals surface area contributed by atoms with Gasteiger partial charge in [0.25, 0.3) is 0 Å². The van der Waals surface area contributed by atoms with Gasteiger partial charge in [-0.05, 0) is 115 Å². The van der Waals surface area contributed by atoms with Gasteiger partial charge in [-0.1, -0.05) is 11.6 Å². The zero-order valence-corrected chi connectivity index (χ0v) is 25.5. The quantitative estimate of drug-likeness (QED) is 0.307. The summed E-state index contributed by atoms with van der Waals surface area (Å²) in [5, 5.41) is 22.0. The molecule has 0 radical (unpaired) electrons. The minimum atomic E-state index is -2.10. The second-order valence-corrected chi connectivity index (χ2v) is 13.3. The van der Waals surface area contributed by atoms with E-state index < -0.39 is 35.7 Å². The van der Waals surface area contributed by atoms with Gasteiger partial charge in [0, 0.05) is 12.5 Å². The molecule has 4 atom stereocenters. The van der Waals surface area contributed by atoms with Gasteiger partial charge in [0.15, 0.2) is 17.1 Å². The molecule has 1 aliphatic carbocycles. The molecule has 2 N–H and O–H groups in total. The summed E-state index contributed by atoms with van der Waals surface area (Å²) in [6.07, 6.45) is 6.31. The second-order valence-electron chi connectivity index (χ2n) is 13.3. The molecule has 0 bridgehead atoms. The van der Waals surface area contributed by atoms with E-state index in [1.54, 1.807) is 19.9 Å². The maximum atomic E-state index is 13.9. The molecule has 2 unspecified atom stereocenters. The maximum absolute atomic E-state index is 13.9. The Hall–Kier alpha value is -2.88. The van der Waals surface area contributed by atoms with Crippen LogP contribution in [0.3, 0.4) is 0 Å². The van der Waals surface area contributed by atoms with Crippen LogP contribution in [0.1, 0.15) is 90.2 Å². The van der Waals surface area contributed by atoms with Crippen molar-refractivity contribution in [2.75, 3.05) is 26.5 Å². The van der Waals surface area contributed by atoms with Gasteiger partial charge >= 0.3 is 11.9 Å². The van der Waals surface area contributed by atoms with E-state index in [1.165, 1.54) is 0 Å². The Morgan fingerprint density at radius 2 is 1.88 bits per heavy atom. The van der Waals surface area contributed by atoms with E-state index in [4.69, 9.17) is 18.9 Å². The van der Waals surface area contributed by atoms with E-state index in [0.717, 1.165) is 60.4 Å². The molecule has 9 heteroatoms. The fourth-order valence-electron chi connectivity index (χ4n) is 7.09. The molecule has 1 spiro atoms. The fourth-order valence-corrected chi connectivity index (χ4v) is 7.09.